The summed E-state index contributed by atoms with van der Waals surface area (Å²) in [5, 5.41) is 0. The Balaban J connectivity index is 1.83. The van der Waals surface area contributed by atoms with E-state index in [2.05, 4.69) is 199 Å². The van der Waals surface area contributed by atoms with Gasteiger partial charge < -0.3 is 47.4 Å². The van der Waals surface area contributed by atoms with Crippen LogP contribution in [0.2, 0.25) is 0 Å². The highest BCUT2D eigenvalue weighted by Gasteiger charge is 2.27. The fourth-order valence-corrected chi connectivity index (χ4v) is 10.5. The van der Waals surface area contributed by atoms with E-state index >= 15 is 0 Å². The normalized spacial score (nSPS) is 15.6. The van der Waals surface area contributed by atoms with Crippen molar-refractivity contribution in [2.45, 2.75) is 235 Å². The minimum absolute atomic E-state index is 0.332. The van der Waals surface area contributed by atoms with Gasteiger partial charge in [-0.3, -0.25) is 0 Å². The molecule has 0 aromatic heterocycles. The maximum absolute atomic E-state index is 7.13. The van der Waals surface area contributed by atoms with Gasteiger partial charge in [0.1, 0.15) is 57.5 Å². The molecular formula is C85H130O10. The van der Waals surface area contributed by atoms with Gasteiger partial charge in [0.15, 0.2) is 0 Å². The van der Waals surface area contributed by atoms with Crippen molar-refractivity contribution >= 4 is 0 Å². The molecule has 0 saturated carbocycles. The van der Waals surface area contributed by atoms with Gasteiger partial charge in [-0.1, -0.05) is 203 Å². The van der Waals surface area contributed by atoms with Gasteiger partial charge >= 0.3 is 0 Å². The predicted octanol–water partition coefficient (Wildman–Crippen LogP) is 22.2. The third-order valence-corrected chi connectivity index (χ3v) is 20.3. The molecule has 10 bridgehead atoms. The molecule has 5 aromatic carbocycles. The van der Waals surface area contributed by atoms with E-state index in [-0.39, 0.29) is 0 Å². The van der Waals surface area contributed by atoms with E-state index in [0.717, 1.165) is 177 Å². The molecule has 0 spiro atoms. The van der Waals surface area contributed by atoms with Crippen LogP contribution < -0.4 is 47.4 Å². The van der Waals surface area contributed by atoms with E-state index in [1.165, 1.54) is 0 Å². The SMILES string of the molecule is CCC(C)COc1cc2c(OC[C@@H](C)CC)cc1Cc1cc(OC[C@@H](C)CC)c(cc1OC[C@@H](C)CC)Cc1cc(OC[C@@H](C)CC)c(cc1OC[C@@H](C)CC)Cc1cc(OC[C@@H](C)CC)c(cc1OC[C@@H](C)CC)Cc1cc(OC[C@@H](C)CC)c(cc1OC[C@@H](C)CC)C2. The zero-order valence-electron chi connectivity index (χ0n) is 63.3. The van der Waals surface area contributed by atoms with Gasteiger partial charge in [-0.2, -0.15) is 0 Å². The Bertz CT molecular complexity index is 2400. The van der Waals surface area contributed by atoms with Crippen LogP contribution in [0.3, 0.4) is 0 Å². The van der Waals surface area contributed by atoms with Crippen LogP contribution in [-0.4, -0.2) is 66.1 Å². The second kappa shape index (κ2) is 40.1. The molecule has 15 rings (SSSR count). The van der Waals surface area contributed by atoms with Crippen LogP contribution in [0.4, 0.5) is 0 Å². The molecule has 10 aliphatic rings. The lowest BCUT2D eigenvalue weighted by molar-refractivity contribution is 0.243. The number of hydrogen-bond donors (Lipinski definition) is 0. The van der Waals surface area contributed by atoms with Gasteiger partial charge in [-0.25, -0.2) is 0 Å². The van der Waals surface area contributed by atoms with Crippen LogP contribution in [0.25, 0.3) is 0 Å². The van der Waals surface area contributed by atoms with E-state index in [1.807, 2.05) is 0 Å². The lowest BCUT2D eigenvalue weighted by atomic mass is 9.94. The van der Waals surface area contributed by atoms with Crippen molar-refractivity contribution in [2.75, 3.05) is 66.1 Å². The summed E-state index contributed by atoms with van der Waals surface area (Å²) < 4.78 is 71.3. The maximum atomic E-state index is 7.13. The average Bonchev–Trinajstić information content (AvgIpc) is 1.05. The van der Waals surface area contributed by atoms with Crippen molar-refractivity contribution in [1.82, 2.24) is 0 Å². The molecule has 0 heterocycles. The Labute approximate surface area is 578 Å². The molecule has 5 aromatic rings. The van der Waals surface area contributed by atoms with Crippen molar-refractivity contribution in [3.63, 3.8) is 0 Å². The summed E-state index contributed by atoms with van der Waals surface area (Å²) in [4.78, 5) is 0. The number of rotatable bonds is 40. The summed E-state index contributed by atoms with van der Waals surface area (Å²) >= 11 is 0. The lowest BCUT2D eigenvalue weighted by Gasteiger charge is -2.24. The summed E-state index contributed by atoms with van der Waals surface area (Å²) in [5.41, 5.74) is 10.3. The highest BCUT2D eigenvalue weighted by atomic mass is 16.5. The minimum Gasteiger partial charge on any atom is -0.493 e. The molecule has 10 nitrogen and oxygen atoms in total. The van der Waals surface area contributed by atoms with Crippen molar-refractivity contribution in [2.24, 2.45) is 59.2 Å². The summed E-state index contributed by atoms with van der Waals surface area (Å²) in [7, 11) is 0. The molecular weight excluding hydrogens is 1180 g/mol. The molecule has 0 saturated heterocycles. The predicted molar refractivity (Wildman–Crippen MR) is 396 cm³/mol. The van der Waals surface area contributed by atoms with Gasteiger partial charge in [0.05, 0.1) is 66.1 Å². The first-order valence-electron chi connectivity index (χ1n) is 37.7. The van der Waals surface area contributed by atoms with Crippen LogP contribution >= 0.6 is 0 Å². The van der Waals surface area contributed by atoms with Crippen LogP contribution in [0.15, 0.2) is 60.7 Å². The maximum Gasteiger partial charge on any atom is 0.123 e. The first kappa shape index (κ1) is 78.1. The minimum atomic E-state index is 0.332. The summed E-state index contributed by atoms with van der Waals surface area (Å²) in [6.07, 6.45) is 12.5. The van der Waals surface area contributed by atoms with Gasteiger partial charge in [0.2, 0.25) is 0 Å². The van der Waals surface area contributed by atoms with E-state index in [4.69, 9.17) is 47.4 Å². The highest BCUT2D eigenvalue weighted by Crippen LogP contribution is 2.44. The Hall–Kier alpha value is -5.90. The molecule has 10 heteroatoms. The van der Waals surface area contributed by atoms with Crippen LogP contribution in [0, 0.1) is 59.2 Å². The van der Waals surface area contributed by atoms with Crippen molar-refractivity contribution < 1.29 is 47.4 Å². The number of benzene rings is 5. The lowest BCUT2D eigenvalue weighted by Crippen LogP contribution is -2.14. The van der Waals surface area contributed by atoms with Gasteiger partial charge in [-0.05, 0) is 120 Å². The van der Waals surface area contributed by atoms with Crippen molar-refractivity contribution in [1.29, 1.82) is 0 Å². The van der Waals surface area contributed by atoms with Crippen LogP contribution in [-0.2, 0) is 32.1 Å². The van der Waals surface area contributed by atoms with Crippen LogP contribution in [0.5, 0.6) is 57.5 Å². The molecule has 95 heavy (non-hydrogen) atoms. The van der Waals surface area contributed by atoms with Crippen molar-refractivity contribution in [3.8, 4) is 57.5 Å². The first-order chi connectivity index (χ1) is 45.7. The third kappa shape index (κ3) is 24.3. The van der Waals surface area contributed by atoms with Gasteiger partial charge in [0, 0.05) is 87.7 Å². The highest BCUT2D eigenvalue weighted by molar-refractivity contribution is 5.60. The zero-order chi connectivity index (χ0) is 69.1. The first-order valence-corrected chi connectivity index (χ1v) is 37.7. The standard InChI is InChI=1S/C85H130O10/c1-21-56(11)46-86-76-36-67-32-69-39-81(91-51-61(16)26-6)71(41-80(69)90-50-60(15)25-5)34-73-43-85(95-55-65(20)30-10)75(45-84(73)94-54-64(19)29-9)35-74-44-82(92-52-62(17)27-7)72(42-83(74)93-53-63(18)28-8)33-70-40-78(88-48-58(13)23-3)68(38-79(70)89-49-59(14)24-4)31-66(76)37-77(67)87-47-57(12)22-2/h36-45,56-65H,21-35,46-55H2,1-20H3/t56-,57-,58-,59-,60-,61-,62-,63-,64-,65?/m0/s1. The molecule has 10 atom stereocenters. The largest absolute Gasteiger partial charge is 0.493 e. The van der Waals surface area contributed by atoms with Gasteiger partial charge in [0.25, 0.3) is 0 Å². The number of ether oxygens (including phenoxy) is 10. The van der Waals surface area contributed by atoms with Gasteiger partial charge in [-0.15, -0.1) is 0 Å². The van der Waals surface area contributed by atoms with E-state index in [1.54, 1.807) is 0 Å². The molecule has 1 unspecified atom stereocenters. The Morgan fingerprint density at radius 3 is 0.337 bits per heavy atom. The monoisotopic (exact) mass is 1310 g/mol. The Morgan fingerprint density at radius 2 is 0.263 bits per heavy atom. The van der Waals surface area contributed by atoms with E-state index in [0.29, 0.717) is 157 Å². The second-order valence-electron chi connectivity index (χ2n) is 29.5. The molecule has 0 fully saturated rings. The molecule has 0 radical (unpaired) electrons. The fourth-order valence-electron chi connectivity index (χ4n) is 10.5. The quantitative estimate of drug-likeness (QED) is 0.0370. The second-order valence-corrected chi connectivity index (χ2v) is 29.5. The summed E-state index contributed by atoms with van der Waals surface area (Å²) in [6.45, 7) is 50.7. The van der Waals surface area contributed by atoms with E-state index in [9.17, 15) is 0 Å². The summed E-state index contributed by atoms with van der Waals surface area (Å²) in [5.74, 6) is 11.7. The molecule has 0 N–H and O–H groups in total. The molecule has 10 aliphatic carbocycles. The molecule has 530 valence electrons. The van der Waals surface area contributed by atoms with Crippen LogP contribution in [0.1, 0.15) is 258 Å². The zero-order valence-corrected chi connectivity index (χ0v) is 63.3. The third-order valence-electron chi connectivity index (χ3n) is 20.3. The molecule has 0 aliphatic heterocycles. The fraction of sp³-hybridized carbons (Fsp3) is 0.647. The Morgan fingerprint density at radius 1 is 0.179 bits per heavy atom. The number of hydrogen-bond acceptors (Lipinski definition) is 10. The smallest absolute Gasteiger partial charge is 0.123 e. The molecule has 0 amide bonds. The van der Waals surface area contributed by atoms with Crippen molar-refractivity contribution in [3.05, 3.63) is 116 Å². The van der Waals surface area contributed by atoms with E-state index < -0.39 is 0 Å². The topological polar surface area (TPSA) is 92.3 Å². The summed E-state index contributed by atoms with van der Waals surface area (Å²) in [6, 6.07) is 22.6. The Kier molecular flexibility index (Phi) is 33.0. The average molecular weight is 1310 g/mol.